The molecule has 2 N–H and O–H groups in total. The van der Waals surface area contributed by atoms with Crippen molar-refractivity contribution in [2.75, 3.05) is 7.11 Å². The number of hydrogen-bond acceptors (Lipinski definition) is 7. The Kier molecular flexibility index (Phi) is 10.5. The number of Topliss-reactive ketones (excluding diaryl/α,β-unsaturated/α-hetero) is 1. The van der Waals surface area contributed by atoms with Crippen molar-refractivity contribution in [2.24, 2.45) is 11.8 Å². The Hall–Kier alpha value is -3.36. The summed E-state index contributed by atoms with van der Waals surface area (Å²) in [6.07, 6.45) is 7.43. The average molecular weight is 498 g/mol. The van der Waals surface area contributed by atoms with E-state index in [0.717, 1.165) is 6.08 Å². The number of allylic oxidation sites excluding steroid dienone is 5. The van der Waals surface area contributed by atoms with Gasteiger partial charge in [-0.15, -0.1) is 0 Å². The van der Waals surface area contributed by atoms with Crippen LogP contribution < -0.4 is 5.32 Å². The minimum absolute atomic E-state index is 0.0787. The summed E-state index contributed by atoms with van der Waals surface area (Å²) in [4.78, 5) is 49.0. The summed E-state index contributed by atoms with van der Waals surface area (Å²) < 4.78 is 10.8. The Morgan fingerprint density at radius 1 is 1.17 bits per heavy atom. The van der Waals surface area contributed by atoms with E-state index >= 15 is 0 Å². The van der Waals surface area contributed by atoms with Gasteiger partial charge in [-0.3, -0.25) is 19.2 Å². The van der Waals surface area contributed by atoms with E-state index in [9.17, 15) is 24.3 Å². The van der Waals surface area contributed by atoms with Gasteiger partial charge in [0.15, 0.2) is 5.78 Å². The van der Waals surface area contributed by atoms with Gasteiger partial charge in [0.05, 0.1) is 17.9 Å². The van der Waals surface area contributed by atoms with Gasteiger partial charge < -0.3 is 19.9 Å². The Morgan fingerprint density at radius 2 is 1.86 bits per heavy atom. The minimum Gasteiger partial charge on any atom is -0.455 e. The van der Waals surface area contributed by atoms with E-state index in [4.69, 9.17) is 9.47 Å². The van der Waals surface area contributed by atoms with Crippen molar-refractivity contribution >= 4 is 23.9 Å². The molecule has 1 aliphatic carbocycles. The fraction of sp³-hybridized carbons (Fsp3) is 0.429. The van der Waals surface area contributed by atoms with Gasteiger partial charge in [0.2, 0.25) is 5.78 Å². The molecule has 8 heteroatoms. The molecule has 2 bridgehead atoms. The number of ether oxygens (including phenoxy) is 2. The molecule has 0 aromatic rings. The predicted octanol–water partition coefficient (Wildman–Crippen LogP) is 3.05. The van der Waals surface area contributed by atoms with E-state index in [2.05, 4.69) is 11.9 Å². The lowest BCUT2D eigenvalue weighted by molar-refractivity contribution is -0.130. The highest BCUT2D eigenvalue weighted by molar-refractivity contribution is 6.21. The number of carbonyl (C=O) groups excluding carboxylic acids is 4. The van der Waals surface area contributed by atoms with E-state index in [-0.39, 0.29) is 29.7 Å². The maximum absolute atomic E-state index is 13.0. The summed E-state index contributed by atoms with van der Waals surface area (Å²) in [6, 6.07) is 0. The quantitative estimate of drug-likeness (QED) is 0.349. The van der Waals surface area contributed by atoms with Crippen LogP contribution in [0.3, 0.4) is 0 Å². The molecule has 1 aliphatic heterocycles. The highest BCUT2D eigenvalue weighted by atomic mass is 16.5. The lowest BCUT2D eigenvalue weighted by Crippen LogP contribution is -2.35. The maximum atomic E-state index is 13.0. The summed E-state index contributed by atoms with van der Waals surface area (Å²) in [5.74, 6) is -1.79. The number of ketones is 2. The maximum Gasteiger partial charge on any atom is 0.294 e. The van der Waals surface area contributed by atoms with Crippen LogP contribution >= 0.6 is 0 Å². The highest BCUT2D eigenvalue weighted by Gasteiger charge is 2.29. The number of amides is 1. The Labute approximate surface area is 212 Å². The molecular formula is C28H35NO7. The molecule has 2 rings (SSSR count). The van der Waals surface area contributed by atoms with Gasteiger partial charge in [-0.05, 0) is 49.8 Å². The zero-order valence-electron chi connectivity index (χ0n) is 21.4. The minimum atomic E-state index is -0.881. The molecule has 0 fully saturated rings. The molecule has 36 heavy (non-hydrogen) atoms. The molecule has 8 nitrogen and oxygen atoms in total. The molecule has 5 atom stereocenters. The van der Waals surface area contributed by atoms with Gasteiger partial charge in [-0.1, -0.05) is 44.7 Å². The molecule has 1 heterocycles. The van der Waals surface area contributed by atoms with Crippen molar-refractivity contribution < 1.29 is 33.8 Å². The molecule has 0 spiro atoms. The van der Waals surface area contributed by atoms with Crippen LogP contribution in [0.1, 0.15) is 40.5 Å². The first kappa shape index (κ1) is 28.9. The van der Waals surface area contributed by atoms with Gasteiger partial charge in [-0.2, -0.15) is 0 Å². The van der Waals surface area contributed by atoms with Gasteiger partial charge in [0.1, 0.15) is 6.10 Å². The second-order valence-corrected chi connectivity index (χ2v) is 9.39. The first-order valence-electron chi connectivity index (χ1n) is 11.8. The van der Waals surface area contributed by atoms with Crippen molar-refractivity contribution in [3.05, 3.63) is 71.0 Å². The lowest BCUT2D eigenvalue weighted by atomic mass is 9.86. The van der Waals surface area contributed by atoms with Crippen LogP contribution in [-0.4, -0.2) is 54.5 Å². The fourth-order valence-electron chi connectivity index (χ4n) is 4.32. The van der Waals surface area contributed by atoms with Crippen molar-refractivity contribution in [1.29, 1.82) is 0 Å². The average Bonchev–Trinajstić information content (AvgIpc) is 2.82. The lowest BCUT2D eigenvalue weighted by Gasteiger charge is -2.29. The highest BCUT2D eigenvalue weighted by Crippen LogP contribution is 2.27. The van der Waals surface area contributed by atoms with Crippen LogP contribution in [-0.2, 0) is 28.7 Å². The summed E-state index contributed by atoms with van der Waals surface area (Å²) in [5, 5.41) is 13.5. The van der Waals surface area contributed by atoms with Crippen LogP contribution in [0, 0.1) is 11.8 Å². The third-order valence-electron chi connectivity index (χ3n) is 6.30. The zero-order chi connectivity index (χ0) is 27.0. The van der Waals surface area contributed by atoms with Gasteiger partial charge >= 0.3 is 0 Å². The first-order chi connectivity index (χ1) is 17.0. The van der Waals surface area contributed by atoms with Gasteiger partial charge in [0.25, 0.3) is 12.4 Å². The number of aliphatic hydroxyl groups is 1. The molecule has 1 amide bonds. The fourth-order valence-corrected chi connectivity index (χ4v) is 4.32. The number of rotatable bonds is 3. The second kappa shape index (κ2) is 13.1. The summed E-state index contributed by atoms with van der Waals surface area (Å²) in [7, 11) is 1.50. The molecule has 0 saturated heterocycles. The number of methoxy groups -OCH3 is 1. The Bertz CT molecular complexity index is 1060. The first-order valence-corrected chi connectivity index (χ1v) is 11.8. The van der Waals surface area contributed by atoms with E-state index in [1.165, 1.54) is 19.3 Å². The number of nitrogens with one attached hydrogen (secondary N) is 1. The number of fused-ring (bicyclic) bond motifs is 2. The SMILES string of the molecule is C=C1/C=C\C=C(/C)C(=O)NC2=CC(=O)C=C(C[C@@H](C)C[C@H](OC)[C@H](O)[C@@H](C)/C=C(\C)[C@@H]1OC=O)C2=O. The summed E-state index contributed by atoms with van der Waals surface area (Å²) in [5.41, 5.74) is 1.65. The molecule has 0 radical (unpaired) electrons. The van der Waals surface area contributed by atoms with Gasteiger partial charge in [-0.25, -0.2) is 0 Å². The zero-order valence-corrected chi connectivity index (χ0v) is 21.4. The number of hydrogen-bond donors (Lipinski definition) is 2. The van der Waals surface area contributed by atoms with E-state index in [0.29, 0.717) is 35.2 Å². The standard InChI is InChI=1S/C28H35NO7/c1-16-10-21-13-22(31)14-23(26(21)33)29-28(34)18(3)9-7-8-17(2)27(36-15-30)20(5)12-19(4)25(32)24(11-16)35-6/h7-9,12-16,19,24-25,27,32H,2,10-11H2,1,3-6H3,(H,29,34)/b8-7-,18-9+,20-12+/t16-,19+,24+,25-,27-/m1/s1. The molecule has 0 aromatic heterocycles. The van der Waals surface area contributed by atoms with Crippen molar-refractivity contribution in [3.8, 4) is 0 Å². The van der Waals surface area contributed by atoms with Crippen LogP contribution in [0.2, 0.25) is 0 Å². The van der Waals surface area contributed by atoms with E-state index in [1.54, 1.807) is 32.1 Å². The Morgan fingerprint density at radius 3 is 2.50 bits per heavy atom. The van der Waals surface area contributed by atoms with Crippen LogP contribution in [0.25, 0.3) is 0 Å². The summed E-state index contributed by atoms with van der Waals surface area (Å²) in [6.45, 7) is 11.4. The molecule has 0 saturated carbocycles. The third-order valence-corrected chi connectivity index (χ3v) is 6.30. The Balaban J connectivity index is 2.49. The van der Waals surface area contributed by atoms with Crippen LogP contribution in [0.15, 0.2) is 71.0 Å². The largest absolute Gasteiger partial charge is 0.455 e. The van der Waals surface area contributed by atoms with Crippen molar-refractivity contribution in [3.63, 3.8) is 0 Å². The summed E-state index contributed by atoms with van der Waals surface area (Å²) >= 11 is 0. The smallest absolute Gasteiger partial charge is 0.294 e. The normalized spacial score (nSPS) is 32.8. The van der Waals surface area contributed by atoms with Crippen LogP contribution in [0.4, 0.5) is 0 Å². The van der Waals surface area contributed by atoms with Crippen molar-refractivity contribution in [1.82, 2.24) is 5.32 Å². The van der Waals surface area contributed by atoms with Crippen molar-refractivity contribution in [2.45, 2.75) is 58.8 Å². The van der Waals surface area contributed by atoms with E-state index < -0.39 is 30.0 Å². The number of aliphatic hydroxyl groups excluding tert-OH is 1. The third kappa shape index (κ3) is 7.57. The molecular weight excluding hydrogens is 462 g/mol. The molecule has 2 aliphatic rings. The predicted molar refractivity (Wildman–Crippen MR) is 135 cm³/mol. The number of carbonyl (C=O) groups is 4. The molecule has 0 aromatic carbocycles. The van der Waals surface area contributed by atoms with Crippen LogP contribution in [0.5, 0.6) is 0 Å². The van der Waals surface area contributed by atoms with Gasteiger partial charge in [0, 0.05) is 30.2 Å². The topological polar surface area (TPSA) is 119 Å². The monoisotopic (exact) mass is 497 g/mol. The van der Waals surface area contributed by atoms with E-state index in [1.807, 2.05) is 13.8 Å². The molecule has 194 valence electrons. The second-order valence-electron chi connectivity index (χ2n) is 9.39. The molecule has 0 unspecified atom stereocenters.